The number of piperidine rings is 1. The number of hydrogen-bond donors (Lipinski definition) is 0. The van der Waals surface area contributed by atoms with E-state index in [0.29, 0.717) is 18.4 Å². The van der Waals surface area contributed by atoms with Crippen LogP contribution in [0.5, 0.6) is 0 Å². The van der Waals surface area contributed by atoms with Gasteiger partial charge in [0.05, 0.1) is 6.54 Å². The topological polar surface area (TPSA) is 20.3 Å². The van der Waals surface area contributed by atoms with Crippen LogP contribution in [0.15, 0.2) is 18.2 Å². The van der Waals surface area contributed by atoms with E-state index in [-0.39, 0.29) is 11.2 Å². The van der Waals surface area contributed by atoms with Crippen molar-refractivity contribution in [3.8, 4) is 0 Å². The zero-order chi connectivity index (χ0) is 16.5. The fourth-order valence-corrected chi connectivity index (χ4v) is 3.60. The molecule has 0 radical (unpaired) electrons. The molecule has 2 unspecified atom stereocenters. The van der Waals surface area contributed by atoms with Gasteiger partial charge in [0.25, 0.3) is 0 Å². The van der Waals surface area contributed by atoms with Crippen LogP contribution in [0.1, 0.15) is 62.5 Å². The lowest BCUT2D eigenvalue weighted by Crippen LogP contribution is -2.41. The molecule has 1 saturated heterocycles. The van der Waals surface area contributed by atoms with Crippen molar-refractivity contribution >= 4 is 5.78 Å². The Morgan fingerprint density at radius 2 is 1.77 bits per heavy atom. The third-order valence-corrected chi connectivity index (χ3v) is 4.72. The lowest BCUT2D eigenvalue weighted by molar-refractivity contribution is 0.0849. The third kappa shape index (κ3) is 4.19. The molecule has 1 aliphatic rings. The molecule has 0 aliphatic carbocycles. The summed E-state index contributed by atoms with van der Waals surface area (Å²) in [7, 11) is 0. The minimum Gasteiger partial charge on any atom is -0.295 e. The van der Waals surface area contributed by atoms with E-state index in [1.807, 2.05) is 6.92 Å². The molecule has 0 saturated carbocycles. The van der Waals surface area contributed by atoms with Gasteiger partial charge in [0.2, 0.25) is 0 Å². The van der Waals surface area contributed by atoms with Crippen LogP contribution in [0.25, 0.3) is 0 Å². The molecule has 0 bridgehead atoms. The molecule has 0 N–H and O–H groups in total. The van der Waals surface area contributed by atoms with E-state index in [1.54, 1.807) is 0 Å². The quantitative estimate of drug-likeness (QED) is 0.769. The Bertz CT molecular complexity index is 531. The Morgan fingerprint density at radius 1 is 1.18 bits per heavy atom. The Labute approximate surface area is 135 Å². The molecule has 22 heavy (non-hydrogen) atoms. The van der Waals surface area contributed by atoms with Gasteiger partial charge in [-0.25, -0.2) is 0 Å². The number of hydrogen-bond acceptors (Lipinski definition) is 2. The maximum Gasteiger partial charge on any atom is 0.177 e. The predicted octanol–water partition coefficient (Wildman–Crippen LogP) is 4.45. The summed E-state index contributed by atoms with van der Waals surface area (Å²) in [5.41, 5.74) is 3.31. The summed E-state index contributed by atoms with van der Waals surface area (Å²) < 4.78 is 0. The van der Waals surface area contributed by atoms with Gasteiger partial charge in [-0.1, -0.05) is 46.8 Å². The summed E-state index contributed by atoms with van der Waals surface area (Å²) in [5, 5.41) is 0. The number of nitrogens with zero attached hydrogens (tertiary/aromatic N) is 1. The number of carbonyl (C=O) groups is 1. The molecule has 1 aromatic carbocycles. The number of benzene rings is 1. The van der Waals surface area contributed by atoms with Crippen molar-refractivity contribution in [2.24, 2.45) is 11.8 Å². The highest BCUT2D eigenvalue weighted by atomic mass is 16.1. The van der Waals surface area contributed by atoms with Crippen LogP contribution in [0, 0.1) is 18.8 Å². The highest BCUT2D eigenvalue weighted by molar-refractivity contribution is 5.99. The molecule has 1 aliphatic heterocycles. The summed E-state index contributed by atoms with van der Waals surface area (Å²) in [6.07, 6.45) is 1.28. The van der Waals surface area contributed by atoms with Crippen molar-refractivity contribution in [2.75, 3.05) is 19.6 Å². The first-order valence-corrected chi connectivity index (χ1v) is 8.53. The first kappa shape index (κ1) is 17.2. The van der Waals surface area contributed by atoms with Gasteiger partial charge < -0.3 is 0 Å². The van der Waals surface area contributed by atoms with Gasteiger partial charge in [-0.3, -0.25) is 9.69 Å². The molecule has 0 amide bonds. The Hall–Kier alpha value is -1.15. The van der Waals surface area contributed by atoms with E-state index in [1.165, 1.54) is 12.0 Å². The summed E-state index contributed by atoms with van der Waals surface area (Å²) in [4.78, 5) is 15.1. The Morgan fingerprint density at radius 3 is 2.32 bits per heavy atom. The molecule has 2 atom stereocenters. The molecule has 2 heteroatoms. The van der Waals surface area contributed by atoms with Crippen molar-refractivity contribution < 1.29 is 4.79 Å². The minimum absolute atomic E-state index is 0.0802. The molecule has 0 aromatic heterocycles. The normalized spacial score (nSPS) is 23.5. The lowest BCUT2D eigenvalue weighted by atomic mass is 9.84. The van der Waals surface area contributed by atoms with Crippen LogP contribution in [-0.4, -0.2) is 30.3 Å². The summed E-state index contributed by atoms with van der Waals surface area (Å²) in [5.74, 6) is 1.65. The molecular formula is C20H31NO. The summed E-state index contributed by atoms with van der Waals surface area (Å²) >= 11 is 0. The van der Waals surface area contributed by atoms with Gasteiger partial charge in [-0.15, -0.1) is 0 Å². The second-order valence-corrected chi connectivity index (χ2v) is 8.34. The molecule has 122 valence electrons. The maximum absolute atomic E-state index is 12.8. The monoisotopic (exact) mass is 301 g/mol. The SMILES string of the molecule is Cc1ccc(C(C)(C)C)cc1C(=O)CN1CC(C)CC(C)C1. The van der Waals surface area contributed by atoms with Gasteiger partial charge in [0.1, 0.15) is 0 Å². The van der Waals surface area contributed by atoms with Crippen LogP contribution < -0.4 is 0 Å². The second kappa shape index (κ2) is 6.54. The molecule has 2 rings (SSSR count). The number of rotatable bonds is 3. The number of Topliss-reactive ketones (excluding diaryl/α,β-unsaturated/α-hetero) is 1. The van der Waals surface area contributed by atoms with E-state index in [4.69, 9.17) is 0 Å². The van der Waals surface area contributed by atoms with Crippen molar-refractivity contribution in [2.45, 2.75) is 53.4 Å². The fourth-order valence-electron chi connectivity index (χ4n) is 3.60. The van der Waals surface area contributed by atoms with E-state index >= 15 is 0 Å². The number of carbonyl (C=O) groups excluding carboxylic acids is 1. The number of ketones is 1. The molecule has 1 fully saturated rings. The highest BCUT2D eigenvalue weighted by Crippen LogP contribution is 2.26. The molecular weight excluding hydrogens is 270 g/mol. The van der Waals surface area contributed by atoms with Crippen molar-refractivity contribution in [3.05, 3.63) is 34.9 Å². The standard InChI is InChI=1S/C20H31NO/c1-14-9-15(2)12-21(11-14)13-19(22)18-10-17(20(4,5)6)8-7-16(18)3/h7-8,10,14-15H,9,11-13H2,1-6H3. The molecule has 1 heterocycles. The lowest BCUT2D eigenvalue weighted by Gasteiger charge is -2.34. The largest absolute Gasteiger partial charge is 0.295 e. The van der Waals surface area contributed by atoms with Gasteiger partial charge in [-0.05, 0) is 47.8 Å². The average Bonchev–Trinajstić information content (AvgIpc) is 2.36. The zero-order valence-electron chi connectivity index (χ0n) is 15.1. The summed E-state index contributed by atoms with van der Waals surface area (Å²) in [6.45, 7) is 15.9. The minimum atomic E-state index is 0.0802. The van der Waals surface area contributed by atoms with Crippen molar-refractivity contribution in [3.63, 3.8) is 0 Å². The van der Waals surface area contributed by atoms with Gasteiger partial charge in [-0.2, -0.15) is 0 Å². The van der Waals surface area contributed by atoms with Gasteiger partial charge >= 0.3 is 0 Å². The number of aryl methyl sites for hydroxylation is 1. The van der Waals surface area contributed by atoms with Gasteiger partial charge in [0.15, 0.2) is 5.78 Å². The van der Waals surface area contributed by atoms with Crippen LogP contribution >= 0.6 is 0 Å². The zero-order valence-corrected chi connectivity index (χ0v) is 15.1. The average molecular weight is 301 g/mol. The smallest absolute Gasteiger partial charge is 0.177 e. The van der Waals surface area contributed by atoms with Crippen LogP contribution in [0.4, 0.5) is 0 Å². The van der Waals surface area contributed by atoms with Crippen LogP contribution in [0.2, 0.25) is 0 Å². The predicted molar refractivity (Wildman–Crippen MR) is 93.6 cm³/mol. The van der Waals surface area contributed by atoms with E-state index in [9.17, 15) is 4.79 Å². The van der Waals surface area contributed by atoms with E-state index < -0.39 is 0 Å². The fraction of sp³-hybridized carbons (Fsp3) is 0.650. The van der Waals surface area contributed by atoms with Crippen molar-refractivity contribution in [1.82, 2.24) is 4.90 Å². The molecule has 1 aromatic rings. The third-order valence-electron chi connectivity index (χ3n) is 4.72. The Balaban J connectivity index is 2.15. The van der Waals surface area contributed by atoms with Crippen LogP contribution in [0.3, 0.4) is 0 Å². The first-order valence-electron chi connectivity index (χ1n) is 8.53. The first-order chi connectivity index (χ1) is 10.2. The Kier molecular flexibility index (Phi) is 5.11. The summed E-state index contributed by atoms with van der Waals surface area (Å²) in [6, 6.07) is 6.35. The number of likely N-dealkylation sites (tertiary alicyclic amines) is 1. The van der Waals surface area contributed by atoms with Crippen LogP contribution in [-0.2, 0) is 5.41 Å². The van der Waals surface area contributed by atoms with Gasteiger partial charge in [0, 0.05) is 18.7 Å². The molecule has 0 spiro atoms. The van der Waals surface area contributed by atoms with E-state index in [2.05, 4.69) is 57.7 Å². The van der Waals surface area contributed by atoms with E-state index in [0.717, 1.165) is 24.2 Å². The van der Waals surface area contributed by atoms with Crippen molar-refractivity contribution in [1.29, 1.82) is 0 Å². The highest BCUT2D eigenvalue weighted by Gasteiger charge is 2.24. The molecule has 2 nitrogen and oxygen atoms in total. The maximum atomic E-state index is 12.8. The second-order valence-electron chi connectivity index (χ2n) is 8.34.